The van der Waals surface area contributed by atoms with Crippen LogP contribution in [0.25, 0.3) is 0 Å². The van der Waals surface area contributed by atoms with Crippen LogP contribution in [-0.4, -0.2) is 44.7 Å². The Morgan fingerprint density at radius 1 is 1.47 bits per heavy atom. The van der Waals surface area contributed by atoms with Crippen LogP contribution in [0.1, 0.15) is 5.82 Å². The van der Waals surface area contributed by atoms with Gasteiger partial charge in [-0.1, -0.05) is 12.1 Å². The van der Waals surface area contributed by atoms with Crippen LogP contribution in [0.3, 0.4) is 0 Å². The predicted octanol–water partition coefficient (Wildman–Crippen LogP) is 0.548. The van der Waals surface area contributed by atoms with Gasteiger partial charge in [-0.15, -0.1) is 0 Å². The van der Waals surface area contributed by atoms with Gasteiger partial charge in [0.15, 0.2) is 18.1 Å². The Morgan fingerprint density at radius 2 is 2.26 bits per heavy atom. The highest BCUT2D eigenvalue weighted by Gasteiger charge is 2.12. The van der Waals surface area contributed by atoms with Crippen LogP contribution in [0.4, 0.5) is 0 Å². The van der Waals surface area contributed by atoms with Crippen LogP contribution in [0.2, 0.25) is 0 Å². The lowest BCUT2D eigenvalue weighted by molar-refractivity contribution is -0.132. The van der Waals surface area contributed by atoms with Crippen molar-refractivity contribution in [2.24, 2.45) is 0 Å². The highest BCUT2D eigenvalue weighted by molar-refractivity contribution is 5.77. The number of carbonyl (C=O) groups is 1. The van der Waals surface area contributed by atoms with Crippen LogP contribution >= 0.6 is 0 Å². The summed E-state index contributed by atoms with van der Waals surface area (Å²) >= 11 is 0. The molecule has 1 heterocycles. The standard InChI is InChI=1S/C12H14N4O3/c1-16(6-11-13-8-14-15-11)12(18)7-19-10-5-3-2-4-9(10)17/h2-5,8,17H,6-7H2,1H3,(H,13,14,15). The quantitative estimate of drug-likeness (QED) is 0.821. The molecule has 2 rings (SSSR count). The number of H-pyrrole nitrogens is 1. The molecule has 0 bridgehead atoms. The summed E-state index contributed by atoms with van der Waals surface area (Å²) in [6, 6.07) is 6.49. The smallest absolute Gasteiger partial charge is 0.260 e. The topological polar surface area (TPSA) is 91.3 Å². The maximum absolute atomic E-state index is 11.8. The molecule has 0 radical (unpaired) electrons. The Balaban J connectivity index is 1.86. The Kier molecular flexibility index (Phi) is 3.97. The predicted molar refractivity (Wildman–Crippen MR) is 66.5 cm³/mol. The van der Waals surface area contributed by atoms with Crippen molar-refractivity contribution < 1.29 is 14.6 Å². The van der Waals surface area contributed by atoms with Crippen molar-refractivity contribution in [1.29, 1.82) is 0 Å². The van der Waals surface area contributed by atoms with Gasteiger partial charge in [0.25, 0.3) is 5.91 Å². The van der Waals surface area contributed by atoms with Gasteiger partial charge in [0.2, 0.25) is 0 Å². The highest BCUT2D eigenvalue weighted by atomic mass is 16.5. The number of aromatic amines is 1. The number of benzene rings is 1. The third-order valence-electron chi connectivity index (χ3n) is 2.49. The number of amides is 1. The summed E-state index contributed by atoms with van der Waals surface area (Å²) in [5.41, 5.74) is 0. The maximum Gasteiger partial charge on any atom is 0.260 e. The van der Waals surface area contributed by atoms with Gasteiger partial charge < -0.3 is 14.7 Å². The van der Waals surface area contributed by atoms with Crippen LogP contribution in [0, 0.1) is 0 Å². The van der Waals surface area contributed by atoms with E-state index in [1.807, 2.05) is 0 Å². The second kappa shape index (κ2) is 5.85. The monoisotopic (exact) mass is 262 g/mol. The van der Waals surface area contributed by atoms with Crippen LogP contribution in [0.5, 0.6) is 11.5 Å². The van der Waals surface area contributed by atoms with E-state index in [9.17, 15) is 9.90 Å². The van der Waals surface area contributed by atoms with Gasteiger partial charge >= 0.3 is 0 Å². The second-order valence-corrected chi connectivity index (χ2v) is 3.94. The Morgan fingerprint density at radius 3 is 2.95 bits per heavy atom. The molecule has 0 aliphatic heterocycles. The van der Waals surface area contributed by atoms with Crippen molar-refractivity contribution in [2.45, 2.75) is 6.54 Å². The molecule has 0 unspecified atom stereocenters. The van der Waals surface area contributed by atoms with Crippen molar-refractivity contribution in [3.63, 3.8) is 0 Å². The first-order valence-corrected chi connectivity index (χ1v) is 5.66. The van der Waals surface area contributed by atoms with Crippen LogP contribution in [-0.2, 0) is 11.3 Å². The first kappa shape index (κ1) is 12.9. The number of hydrogen-bond acceptors (Lipinski definition) is 5. The average molecular weight is 262 g/mol. The fourth-order valence-electron chi connectivity index (χ4n) is 1.45. The molecular weight excluding hydrogens is 248 g/mol. The van der Waals surface area contributed by atoms with Gasteiger partial charge in [-0.25, -0.2) is 4.98 Å². The molecule has 2 N–H and O–H groups in total. The Bertz CT molecular complexity index is 542. The fourth-order valence-corrected chi connectivity index (χ4v) is 1.45. The van der Waals surface area contributed by atoms with Crippen molar-refractivity contribution in [3.8, 4) is 11.5 Å². The summed E-state index contributed by atoms with van der Waals surface area (Å²) in [6.07, 6.45) is 1.38. The van der Waals surface area contributed by atoms with Gasteiger partial charge in [0.1, 0.15) is 12.2 Å². The SMILES string of the molecule is CN(Cc1ncn[nH]1)C(=O)COc1ccccc1O. The minimum atomic E-state index is -0.223. The number of ether oxygens (including phenoxy) is 1. The van der Waals surface area contributed by atoms with Crippen molar-refractivity contribution in [1.82, 2.24) is 20.1 Å². The molecular formula is C12H14N4O3. The number of nitrogens with zero attached hydrogens (tertiary/aromatic N) is 3. The first-order chi connectivity index (χ1) is 9.16. The first-order valence-electron chi connectivity index (χ1n) is 5.66. The third kappa shape index (κ3) is 3.44. The molecule has 2 aromatic rings. The summed E-state index contributed by atoms with van der Waals surface area (Å²) in [4.78, 5) is 17.2. The van der Waals surface area contributed by atoms with E-state index >= 15 is 0 Å². The van der Waals surface area contributed by atoms with E-state index in [-0.39, 0.29) is 24.0 Å². The number of aromatic nitrogens is 3. The van der Waals surface area contributed by atoms with E-state index in [0.29, 0.717) is 12.4 Å². The number of carbonyl (C=O) groups excluding carboxylic acids is 1. The minimum Gasteiger partial charge on any atom is -0.504 e. The summed E-state index contributed by atoms with van der Waals surface area (Å²) in [5.74, 6) is 0.662. The average Bonchev–Trinajstić information content (AvgIpc) is 2.90. The van der Waals surface area contributed by atoms with Crippen LogP contribution < -0.4 is 4.74 Å². The minimum absolute atomic E-state index is 0.00758. The normalized spacial score (nSPS) is 10.2. The maximum atomic E-state index is 11.8. The molecule has 0 saturated heterocycles. The Labute approximate surface area is 109 Å². The van der Waals surface area contributed by atoms with E-state index in [1.165, 1.54) is 17.3 Å². The molecule has 19 heavy (non-hydrogen) atoms. The van der Waals surface area contributed by atoms with Crippen molar-refractivity contribution in [2.75, 3.05) is 13.7 Å². The lowest BCUT2D eigenvalue weighted by Crippen LogP contribution is -2.31. The van der Waals surface area contributed by atoms with Crippen molar-refractivity contribution in [3.05, 3.63) is 36.4 Å². The van der Waals surface area contributed by atoms with Crippen LogP contribution in [0.15, 0.2) is 30.6 Å². The number of hydrogen-bond donors (Lipinski definition) is 2. The number of likely N-dealkylation sites (N-methyl/N-ethyl adjacent to an activating group) is 1. The zero-order chi connectivity index (χ0) is 13.7. The van der Waals surface area contributed by atoms with E-state index in [0.717, 1.165) is 0 Å². The number of para-hydroxylation sites is 2. The van der Waals surface area contributed by atoms with Gasteiger partial charge in [-0.2, -0.15) is 5.10 Å². The van der Waals surface area contributed by atoms with Gasteiger partial charge in [0, 0.05) is 7.05 Å². The molecule has 0 atom stereocenters. The number of nitrogens with one attached hydrogen (secondary N) is 1. The highest BCUT2D eigenvalue weighted by Crippen LogP contribution is 2.24. The Hall–Kier alpha value is -2.57. The molecule has 0 aliphatic carbocycles. The molecule has 1 aromatic carbocycles. The summed E-state index contributed by atoms with van der Waals surface area (Å²) < 4.78 is 5.25. The summed E-state index contributed by atoms with van der Waals surface area (Å²) in [7, 11) is 1.64. The van der Waals surface area contributed by atoms with E-state index < -0.39 is 0 Å². The molecule has 0 spiro atoms. The number of aromatic hydroxyl groups is 1. The fraction of sp³-hybridized carbons (Fsp3) is 0.250. The van der Waals surface area contributed by atoms with E-state index in [1.54, 1.807) is 25.2 Å². The van der Waals surface area contributed by atoms with E-state index in [2.05, 4.69) is 15.2 Å². The lowest BCUT2D eigenvalue weighted by atomic mass is 10.3. The van der Waals surface area contributed by atoms with Crippen molar-refractivity contribution >= 4 is 5.91 Å². The summed E-state index contributed by atoms with van der Waals surface area (Å²) in [6.45, 7) is 0.172. The van der Waals surface area contributed by atoms with E-state index in [4.69, 9.17) is 4.74 Å². The molecule has 0 aliphatic rings. The molecule has 7 nitrogen and oxygen atoms in total. The third-order valence-corrected chi connectivity index (χ3v) is 2.49. The number of phenols is 1. The molecule has 100 valence electrons. The van der Waals surface area contributed by atoms with Gasteiger partial charge in [0.05, 0.1) is 6.54 Å². The molecule has 1 aromatic heterocycles. The molecule has 0 saturated carbocycles. The van der Waals surface area contributed by atoms with Gasteiger partial charge in [-0.3, -0.25) is 9.89 Å². The largest absolute Gasteiger partial charge is 0.504 e. The van der Waals surface area contributed by atoms with Gasteiger partial charge in [-0.05, 0) is 12.1 Å². The zero-order valence-corrected chi connectivity index (χ0v) is 10.4. The molecule has 7 heteroatoms. The molecule has 1 amide bonds. The summed E-state index contributed by atoms with van der Waals surface area (Å²) in [5, 5.41) is 15.9. The number of phenolic OH excluding ortho intramolecular Hbond substituents is 1. The second-order valence-electron chi connectivity index (χ2n) is 3.94. The molecule has 0 fully saturated rings. The zero-order valence-electron chi connectivity index (χ0n) is 10.4. The number of rotatable bonds is 5. The lowest BCUT2D eigenvalue weighted by Gasteiger charge is -2.16.